The maximum absolute atomic E-state index is 12.8. The summed E-state index contributed by atoms with van der Waals surface area (Å²) < 4.78 is 31.9. The molecular formula is C17H24N2O6S. The fraction of sp³-hybridized carbons (Fsp3) is 0.529. The lowest BCUT2D eigenvalue weighted by atomic mass is 10.1. The first-order chi connectivity index (χ1) is 12.2. The number of nitrogens with zero attached hydrogens (tertiary/aromatic N) is 2. The van der Waals surface area contributed by atoms with Gasteiger partial charge in [-0.1, -0.05) is 19.9 Å². The molecule has 2 atom stereocenters. The van der Waals surface area contributed by atoms with Gasteiger partial charge < -0.3 is 14.7 Å². The quantitative estimate of drug-likeness (QED) is 0.786. The van der Waals surface area contributed by atoms with Crippen LogP contribution in [0.2, 0.25) is 0 Å². The van der Waals surface area contributed by atoms with E-state index in [1.54, 1.807) is 20.8 Å². The first kappa shape index (κ1) is 20.3. The van der Waals surface area contributed by atoms with Crippen molar-refractivity contribution < 1.29 is 27.9 Å². The minimum Gasteiger partial charge on any atom is -0.479 e. The van der Waals surface area contributed by atoms with Crippen molar-refractivity contribution >= 4 is 21.9 Å². The molecule has 0 spiro atoms. The first-order valence-corrected chi connectivity index (χ1v) is 9.92. The predicted octanol–water partition coefficient (Wildman–Crippen LogP) is 1.03. The van der Waals surface area contributed by atoms with Gasteiger partial charge in [-0.2, -0.15) is 4.31 Å². The molecule has 144 valence electrons. The van der Waals surface area contributed by atoms with Crippen LogP contribution in [-0.4, -0.2) is 73.0 Å². The fourth-order valence-electron chi connectivity index (χ4n) is 2.94. The van der Waals surface area contributed by atoms with E-state index in [2.05, 4.69) is 0 Å². The van der Waals surface area contributed by atoms with E-state index in [9.17, 15) is 18.0 Å². The number of hydrogen-bond donors (Lipinski definition) is 1. The van der Waals surface area contributed by atoms with Crippen molar-refractivity contribution in [1.29, 1.82) is 0 Å². The molecule has 8 nitrogen and oxygen atoms in total. The van der Waals surface area contributed by atoms with Crippen LogP contribution in [-0.2, 0) is 19.6 Å². The van der Waals surface area contributed by atoms with E-state index in [0.717, 1.165) is 0 Å². The molecule has 1 aliphatic heterocycles. The number of carboxylic acids is 1. The number of aliphatic carboxylic acids is 1. The van der Waals surface area contributed by atoms with Crippen LogP contribution in [0.1, 0.15) is 31.1 Å². The normalized spacial score (nSPS) is 21.0. The molecule has 1 aromatic rings. The van der Waals surface area contributed by atoms with E-state index in [1.165, 1.54) is 33.5 Å². The lowest BCUT2D eigenvalue weighted by molar-refractivity contribution is -0.160. The van der Waals surface area contributed by atoms with Gasteiger partial charge in [0, 0.05) is 25.2 Å². The van der Waals surface area contributed by atoms with Crippen LogP contribution in [0.3, 0.4) is 0 Å². The number of rotatable bonds is 6. The molecule has 9 heteroatoms. The summed E-state index contributed by atoms with van der Waals surface area (Å²) in [6, 6.07) is 5.83. The zero-order chi connectivity index (χ0) is 19.5. The smallest absolute Gasteiger partial charge is 0.334 e. The molecule has 1 aromatic carbocycles. The first-order valence-electron chi connectivity index (χ1n) is 8.48. The summed E-state index contributed by atoms with van der Waals surface area (Å²) in [4.78, 5) is 25.4. The Kier molecular flexibility index (Phi) is 6.38. The monoisotopic (exact) mass is 384 g/mol. The average molecular weight is 384 g/mol. The Morgan fingerprint density at radius 2 is 1.92 bits per heavy atom. The minimum atomic E-state index is -3.68. The lowest BCUT2D eigenvalue weighted by Crippen LogP contribution is -2.51. The predicted molar refractivity (Wildman–Crippen MR) is 94.4 cm³/mol. The number of carboxylic acid groups (broad SMARTS) is 1. The Hall–Kier alpha value is -1.97. The topological polar surface area (TPSA) is 104 Å². The van der Waals surface area contributed by atoms with Gasteiger partial charge in [-0.15, -0.1) is 0 Å². The number of ether oxygens (including phenoxy) is 1. The molecule has 1 amide bonds. The van der Waals surface area contributed by atoms with E-state index >= 15 is 0 Å². The molecular weight excluding hydrogens is 360 g/mol. The molecule has 0 radical (unpaired) electrons. The Bertz CT molecular complexity index is 775. The summed E-state index contributed by atoms with van der Waals surface area (Å²) in [5.74, 6) is -1.55. The number of amides is 1. The summed E-state index contributed by atoms with van der Waals surface area (Å²) in [6.45, 7) is 6.02. The van der Waals surface area contributed by atoms with E-state index < -0.39 is 34.1 Å². The lowest BCUT2D eigenvalue weighted by Gasteiger charge is -2.35. The molecule has 1 fully saturated rings. The van der Waals surface area contributed by atoms with Gasteiger partial charge in [0.25, 0.3) is 5.91 Å². The fourth-order valence-corrected chi connectivity index (χ4v) is 4.44. The summed E-state index contributed by atoms with van der Waals surface area (Å²) in [6.07, 6.45) is -1.51. The summed E-state index contributed by atoms with van der Waals surface area (Å²) in [5.41, 5.74) is 0.205. The Labute approximate surface area is 153 Å². The highest BCUT2D eigenvalue weighted by Crippen LogP contribution is 2.20. The minimum absolute atomic E-state index is 0.0446. The van der Waals surface area contributed by atoms with Crippen molar-refractivity contribution in [2.45, 2.75) is 37.9 Å². The average Bonchev–Trinajstić information content (AvgIpc) is 2.61. The molecule has 0 aromatic heterocycles. The molecule has 1 saturated heterocycles. The highest BCUT2D eigenvalue weighted by Gasteiger charge is 2.33. The van der Waals surface area contributed by atoms with Crippen LogP contribution in [0.25, 0.3) is 0 Å². The van der Waals surface area contributed by atoms with E-state index in [1.807, 2.05) is 0 Å². The Balaban J connectivity index is 2.29. The molecule has 1 heterocycles. The van der Waals surface area contributed by atoms with Gasteiger partial charge in [-0.25, -0.2) is 13.2 Å². The molecule has 0 aliphatic carbocycles. The summed E-state index contributed by atoms with van der Waals surface area (Å²) in [5, 5.41) is 9.14. The van der Waals surface area contributed by atoms with Crippen molar-refractivity contribution in [2.75, 3.05) is 26.2 Å². The van der Waals surface area contributed by atoms with Crippen LogP contribution in [0.15, 0.2) is 29.2 Å². The highest BCUT2D eigenvalue weighted by atomic mass is 32.2. The summed E-state index contributed by atoms with van der Waals surface area (Å²) >= 11 is 0. The number of morpholine rings is 1. The number of benzene rings is 1. The molecule has 1 unspecified atom stereocenters. The maximum atomic E-state index is 12.8. The van der Waals surface area contributed by atoms with Gasteiger partial charge in [0.1, 0.15) is 0 Å². The second kappa shape index (κ2) is 8.15. The molecule has 2 rings (SSSR count). The second-order valence-corrected chi connectivity index (χ2v) is 8.04. The third-order valence-corrected chi connectivity index (χ3v) is 6.29. The molecule has 0 bridgehead atoms. The van der Waals surface area contributed by atoms with Gasteiger partial charge in [0.2, 0.25) is 10.0 Å². The number of carbonyl (C=O) groups is 2. The Morgan fingerprint density at radius 3 is 2.50 bits per heavy atom. The van der Waals surface area contributed by atoms with Gasteiger partial charge in [0.05, 0.1) is 17.5 Å². The highest BCUT2D eigenvalue weighted by molar-refractivity contribution is 7.89. The molecule has 0 saturated carbocycles. The second-order valence-electron chi connectivity index (χ2n) is 6.10. The van der Waals surface area contributed by atoms with Gasteiger partial charge in [-0.3, -0.25) is 4.79 Å². The number of sulfonamides is 1. The van der Waals surface area contributed by atoms with E-state index in [-0.39, 0.29) is 23.5 Å². The SMILES string of the molecule is CCN(CC)S(=O)(=O)c1cccc(C(=O)N2CC(C(=O)O)O[C@H](C)C2)c1. The Morgan fingerprint density at radius 1 is 1.27 bits per heavy atom. The molecule has 1 N–H and O–H groups in total. The zero-order valence-electron chi connectivity index (χ0n) is 15.1. The van der Waals surface area contributed by atoms with Crippen LogP contribution in [0.4, 0.5) is 0 Å². The number of hydrogen-bond acceptors (Lipinski definition) is 5. The van der Waals surface area contributed by atoms with Crippen LogP contribution in [0.5, 0.6) is 0 Å². The number of carbonyl (C=O) groups excluding carboxylic acids is 1. The zero-order valence-corrected chi connectivity index (χ0v) is 15.9. The van der Waals surface area contributed by atoms with Crippen LogP contribution < -0.4 is 0 Å². The maximum Gasteiger partial charge on any atom is 0.334 e. The van der Waals surface area contributed by atoms with Crippen molar-refractivity contribution in [2.24, 2.45) is 0 Å². The van der Waals surface area contributed by atoms with E-state index in [0.29, 0.717) is 13.1 Å². The standard InChI is InChI=1S/C17H24N2O6S/c1-4-19(5-2)26(23,24)14-8-6-7-13(9-14)16(20)18-10-12(3)25-15(11-18)17(21)22/h6-9,12,15H,4-5,10-11H2,1-3H3,(H,21,22)/t12-,15?/m1/s1. The van der Waals surface area contributed by atoms with Gasteiger partial charge >= 0.3 is 5.97 Å². The van der Waals surface area contributed by atoms with Crippen molar-refractivity contribution in [1.82, 2.24) is 9.21 Å². The molecule has 26 heavy (non-hydrogen) atoms. The van der Waals surface area contributed by atoms with Crippen molar-refractivity contribution in [3.63, 3.8) is 0 Å². The van der Waals surface area contributed by atoms with Gasteiger partial charge in [-0.05, 0) is 25.1 Å². The van der Waals surface area contributed by atoms with Gasteiger partial charge in [0.15, 0.2) is 6.10 Å². The van der Waals surface area contributed by atoms with Crippen molar-refractivity contribution in [3.8, 4) is 0 Å². The van der Waals surface area contributed by atoms with E-state index in [4.69, 9.17) is 9.84 Å². The van der Waals surface area contributed by atoms with Crippen LogP contribution >= 0.6 is 0 Å². The van der Waals surface area contributed by atoms with Crippen molar-refractivity contribution in [3.05, 3.63) is 29.8 Å². The molecule has 1 aliphatic rings. The third-order valence-electron chi connectivity index (χ3n) is 4.25. The largest absolute Gasteiger partial charge is 0.479 e. The summed E-state index contributed by atoms with van der Waals surface area (Å²) in [7, 11) is -3.68. The third kappa shape index (κ3) is 4.22. The van der Waals surface area contributed by atoms with Crippen LogP contribution in [0, 0.1) is 0 Å².